The number of nitrogens with zero attached hydrogens (tertiary/aromatic N) is 1. The molecule has 0 saturated heterocycles. The summed E-state index contributed by atoms with van der Waals surface area (Å²) in [6.45, 7) is 5.21. The lowest BCUT2D eigenvalue weighted by Gasteiger charge is -2.31. The molecule has 1 aliphatic heterocycles. The zero-order valence-corrected chi connectivity index (χ0v) is 18.1. The Morgan fingerprint density at radius 1 is 1.19 bits per heavy atom. The van der Waals surface area contributed by atoms with Crippen LogP contribution in [-0.2, 0) is 27.8 Å². The van der Waals surface area contributed by atoms with Gasteiger partial charge in [0.05, 0.1) is 12.1 Å². The maximum atomic E-state index is 12.6. The highest BCUT2D eigenvalue weighted by atomic mass is 35.5. The summed E-state index contributed by atoms with van der Waals surface area (Å²) in [6.07, 6.45) is -0.398. The fourth-order valence-corrected chi connectivity index (χ4v) is 3.75. The van der Waals surface area contributed by atoms with E-state index < -0.39 is 43.7 Å². The van der Waals surface area contributed by atoms with Gasteiger partial charge in [-0.25, -0.2) is 9.59 Å². The molecule has 1 aliphatic rings. The van der Waals surface area contributed by atoms with E-state index >= 15 is 0 Å². The van der Waals surface area contributed by atoms with E-state index in [0.29, 0.717) is 10.9 Å². The summed E-state index contributed by atoms with van der Waals surface area (Å²) in [6, 6.07) is 2.18. The van der Waals surface area contributed by atoms with Crippen molar-refractivity contribution in [2.24, 2.45) is 0 Å². The Bertz CT molecular complexity index is 1220. The van der Waals surface area contributed by atoms with Crippen LogP contribution in [-0.4, -0.2) is 37.1 Å². The average molecular weight is 484 g/mol. The van der Waals surface area contributed by atoms with Gasteiger partial charge in [-0.15, -0.1) is 0 Å². The number of carbonyl (C=O) groups is 1. The highest BCUT2D eigenvalue weighted by Gasteiger charge is 2.49. The summed E-state index contributed by atoms with van der Waals surface area (Å²) in [4.78, 5) is 26.1. The van der Waals surface area contributed by atoms with Crippen LogP contribution in [0.3, 0.4) is 0 Å². The molecule has 0 radical (unpaired) electrons. The summed E-state index contributed by atoms with van der Waals surface area (Å²) in [5.41, 5.74) is -6.92. The minimum Gasteiger partial charge on any atom is -0.444 e. The molecule has 1 amide bonds. The van der Waals surface area contributed by atoms with Crippen LogP contribution in [0.15, 0.2) is 21.3 Å². The van der Waals surface area contributed by atoms with Crippen LogP contribution in [0.2, 0.25) is 5.02 Å². The van der Waals surface area contributed by atoms with Crippen molar-refractivity contribution in [3.8, 4) is 5.75 Å². The number of hydrogen-bond donors (Lipinski definition) is 0. The van der Waals surface area contributed by atoms with Crippen molar-refractivity contribution >= 4 is 38.8 Å². The minimum absolute atomic E-state index is 0.0964. The molecule has 8 nitrogen and oxygen atoms in total. The van der Waals surface area contributed by atoms with Crippen molar-refractivity contribution in [2.75, 3.05) is 6.54 Å². The van der Waals surface area contributed by atoms with Crippen LogP contribution in [0.1, 0.15) is 31.9 Å². The molecule has 2 aromatic rings. The van der Waals surface area contributed by atoms with E-state index in [1.54, 1.807) is 20.8 Å². The van der Waals surface area contributed by atoms with Crippen LogP contribution in [0.5, 0.6) is 5.75 Å². The normalized spacial score (nSPS) is 15.0. The molecular formula is C18H17ClF3NO7S. The van der Waals surface area contributed by atoms with Gasteiger partial charge in [0.15, 0.2) is 11.3 Å². The molecule has 0 atom stereocenters. The first-order chi connectivity index (χ1) is 14.1. The van der Waals surface area contributed by atoms with Crippen molar-refractivity contribution in [2.45, 2.75) is 44.8 Å². The van der Waals surface area contributed by atoms with Gasteiger partial charge >= 0.3 is 27.3 Å². The van der Waals surface area contributed by atoms with Crippen molar-refractivity contribution < 1.29 is 39.7 Å². The molecule has 0 unspecified atom stereocenters. The van der Waals surface area contributed by atoms with Gasteiger partial charge in [0, 0.05) is 11.9 Å². The molecular weight excluding hydrogens is 467 g/mol. The number of ether oxygens (including phenoxy) is 1. The lowest BCUT2D eigenvalue weighted by atomic mass is 9.97. The zero-order valence-electron chi connectivity index (χ0n) is 16.5. The third-order valence-corrected chi connectivity index (χ3v) is 5.63. The van der Waals surface area contributed by atoms with Gasteiger partial charge in [-0.1, -0.05) is 11.6 Å². The number of alkyl halides is 3. The second kappa shape index (κ2) is 7.59. The van der Waals surface area contributed by atoms with E-state index in [1.807, 2.05) is 0 Å². The Labute approximate surface area is 179 Å². The Morgan fingerprint density at radius 3 is 2.42 bits per heavy atom. The molecule has 2 heterocycles. The van der Waals surface area contributed by atoms with E-state index in [4.69, 9.17) is 20.8 Å². The standard InChI is InChI=1S/C18H17ClF3NO7S/c1-17(2,3)29-16(25)23-7-6-9-10-4-5-12(30-31(26,27)18(20,21)22)13(19)14(10)28-15(24)11(9)8-23/h4-5H,6-8H2,1-3H3. The molecule has 0 aliphatic carbocycles. The maximum absolute atomic E-state index is 12.6. The number of fused-ring (bicyclic) bond motifs is 3. The molecule has 0 bridgehead atoms. The second-order valence-corrected chi connectivity index (χ2v) is 9.65. The predicted molar refractivity (Wildman–Crippen MR) is 103 cm³/mol. The van der Waals surface area contributed by atoms with E-state index in [1.165, 1.54) is 11.0 Å². The lowest BCUT2D eigenvalue weighted by Crippen LogP contribution is -2.41. The first kappa shape index (κ1) is 23.2. The third-order valence-electron chi connectivity index (χ3n) is 4.31. The molecule has 3 rings (SSSR count). The molecule has 0 spiro atoms. The van der Waals surface area contributed by atoms with Gasteiger partial charge < -0.3 is 18.2 Å². The maximum Gasteiger partial charge on any atom is 0.534 e. The smallest absolute Gasteiger partial charge is 0.444 e. The summed E-state index contributed by atoms with van der Waals surface area (Å²) < 4.78 is 74.8. The summed E-state index contributed by atoms with van der Waals surface area (Å²) in [5, 5.41) is -0.306. The molecule has 0 N–H and O–H groups in total. The van der Waals surface area contributed by atoms with Crippen molar-refractivity contribution in [3.63, 3.8) is 0 Å². The van der Waals surface area contributed by atoms with Gasteiger partial charge in [-0.05, 0) is 44.9 Å². The summed E-state index contributed by atoms with van der Waals surface area (Å²) in [7, 11) is -5.96. The highest BCUT2D eigenvalue weighted by Crippen LogP contribution is 2.38. The monoisotopic (exact) mass is 483 g/mol. The molecule has 0 fully saturated rings. The summed E-state index contributed by atoms with van der Waals surface area (Å²) in [5.74, 6) is -0.833. The zero-order chi connectivity index (χ0) is 23.4. The predicted octanol–water partition coefficient (Wildman–Crippen LogP) is 3.97. The van der Waals surface area contributed by atoms with E-state index in [-0.39, 0.29) is 30.7 Å². The molecule has 1 aromatic heterocycles. The van der Waals surface area contributed by atoms with Crippen molar-refractivity contribution in [3.05, 3.63) is 38.7 Å². The molecule has 0 saturated carbocycles. The number of halogens is 4. The fourth-order valence-electron chi connectivity index (χ4n) is 2.99. The largest absolute Gasteiger partial charge is 0.534 e. The molecule has 170 valence electrons. The molecule has 1 aromatic carbocycles. The second-order valence-electron chi connectivity index (χ2n) is 7.74. The average Bonchev–Trinajstić information content (AvgIpc) is 2.62. The Morgan fingerprint density at radius 2 is 1.84 bits per heavy atom. The van der Waals surface area contributed by atoms with Gasteiger partial charge in [0.25, 0.3) is 0 Å². The van der Waals surface area contributed by atoms with Gasteiger partial charge in [-0.3, -0.25) is 0 Å². The van der Waals surface area contributed by atoms with Gasteiger partial charge in [-0.2, -0.15) is 21.6 Å². The van der Waals surface area contributed by atoms with Crippen molar-refractivity contribution in [1.29, 1.82) is 0 Å². The number of hydrogen-bond acceptors (Lipinski definition) is 7. The third kappa shape index (κ3) is 4.59. The highest BCUT2D eigenvalue weighted by molar-refractivity contribution is 7.88. The SMILES string of the molecule is CC(C)(C)OC(=O)N1CCc2c(c(=O)oc3c(Cl)c(OS(=O)(=O)C(F)(F)F)ccc23)C1. The first-order valence-electron chi connectivity index (χ1n) is 8.86. The van der Waals surface area contributed by atoms with Crippen LogP contribution in [0.25, 0.3) is 11.0 Å². The van der Waals surface area contributed by atoms with Crippen molar-refractivity contribution in [1.82, 2.24) is 4.90 Å². The van der Waals surface area contributed by atoms with E-state index in [9.17, 15) is 31.2 Å². The topological polar surface area (TPSA) is 103 Å². The first-order valence-corrected chi connectivity index (χ1v) is 10.6. The van der Waals surface area contributed by atoms with Gasteiger partial charge in [0.2, 0.25) is 0 Å². The number of benzene rings is 1. The minimum atomic E-state index is -5.96. The Balaban J connectivity index is 2.01. The summed E-state index contributed by atoms with van der Waals surface area (Å²) >= 11 is 5.99. The number of carbonyl (C=O) groups excluding carboxylic acids is 1. The van der Waals surface area contributed by atoms with E-state index in [0.717, 1.165) is 6.07 Å². The Hall–Kier alpha value is -2.47. The van der Waals surface area contributed by atoms with Gasteiger partial charge in [0.1, 0.15) is 10.6 Å². The fraction of sp³-hybridized carbons (Fsp3) is 0.444. The van der Waals surface area contributed by atoms with Crippen LogP contribution in [0.4, 0.5) is 18.0 Å². The quantitative estimate of drug-likeness (QED) is 0.361. The number of rotatable bonds is 2. The van der Waals surface area contributed by atoms with E-state index in [2.05, 4.69) is 4.18 Å². The van der Waals surface area contributed by atoms with Crippen LogP contribution < -0.4 is 9.81 Å². The molecule has 13 heteroatoms. The Kier molecular flexibility index (Phi) is 5.68. The molecule has 31 heavy (non-hydrogen) atoms. The lowest BCUT2D eigenvalue weighted by molar-refractivity contribution is -0.0500. The number of amides is 1. The van der Waals surface area contributed by atoms with Crippen LogP contribution in [0, 0.1) is 0 Å². The van der Waals surface area contributed by atoms with Crippen LogP contribution >= 0.6 is 11.6 Å².